The number of anilines is 1. The maximum Gasteiger partial charge on any atom is 0.275 e. The van der Waals surface area contributed by atoms with Crippen LogP contribution in [0.15, 0.2) is 27.5 Å². The Morgan fingerprint density at radius 2 is 2.28 bits per heavy atom. The molecule has 1 aromatic carbocycles. The number of nitrogens with one attached hydrogen (secondary N) is 1. The summed E-state index contributed by atoms with van der Waals surface area (Å²) in [6.07, 6.45) is 2.69. The fraction of sp³-hybridized carbons (Fsp3) is 0.353. The van der Waals surface area contributed by atoms with Crippen LogP contribution in [-0.4, -0.2) is 21.2 Å². The van der Waals surface area contributed by atoms with Crippen molar-refractivity contribution in [3.05, 3.63) is 49.8 Å². The second kappa shape index (κ2) is 6.76. The van der Waals surface area contributed by atoms with Crippen molar-refractivity contribution in [1.29, 1.82) is 0 Å². The molecule has 25 heavy (non-hydrogen) atoms. The first-order valence-corrected chi connectivity index (χ1v) is 9.83. The van der Waals surface area contributed by atoms with Crippen molar-refractivity contribution in [1.82, 2.24) is 14.6 Å². The minimum atomic E-state index is -0.135. The van der Waals surface area contributed by atoms with Gasteiger partial charge in [0.05, 0.1) is 6.61 Å². The van der Waals surface area contributed by atoms with Gasteiger partial charge in [0, 0.05) is 34.8 Å². The van der Waals surface area contributed by atoms with Crippen LogP contribution in [0.4, 0.5) is 5.13 Å². The molecular formula is C17H17BrN4O2S. The molecule has 0 spiro atoms. The van der Waals surface area contributed by atoms with Crippen LogP contribution in [0.1, 0.15) is 30.2 Å². The van der Waals surface area contributed by atoms with E-state index in [2.05, 4.69) is 44.3 Å². The number of fused-ring (bicyclic) bond motifs is 2. The average molecular weight is 421 g/mol. The Hall–Kier alpha value is -1.93. The summed E-state index contributed by atoms with van der Waals surface area (Å²) < 4.78 is 8.15. The molecule has 8 heteroatoms. The minimum Gasteiger partial charge on any atom is -0.493 e. The zero-order valence-corrected chi connectivity index (χ0v) is 16.1. The molecule has 0 saturated heterocycles. The molecule has 1 N–H and O–H groups in total. The van der Waals surface area contributed by atoms with Crippen molar-refractivity contribution in [2.75, 3.05) is 11.9 Å². The first kappa shape index (κ1) is 16.5. The van der Waals surface area contributed by atoms with E-state index in [1.807, 2.05) is 6.07 Å². The maximum absolute atomic E-state index is 12.2. The third-order valence-electron chi connectivity index (χ3n) is 4.06. The van der Waals surface area contributed by atoms with E-state index in [4.69, 9.17) is 4.74 Å². The molecule has 0 saturated carbocycles. The summed E-state index contributed by atoms with van der Waals surface area (Å²) in [5.41, 5.74) is 2.98. The van der Waals surface area contributed by atoms with Gasteiger partial charge in [0.25, 0.3) is 5.56 Å². The number of hydrogen-bond acceptors (Lipinski definition) is 6. The summed E-state index contributed by atoms with van der Waals surface area (Å²) in [6.45, 7) is 3.37. The fourth-order valence-electron chi connectivity index (χ4n) is 2.96. The highest BCUT2D eigenvalue weighted by molar-refractivity contribution is 9.10. The Balaban J connectivity index is 1.60. The Bertz CT molecular complexity index is 998. The van der Waals surface area contributed by atoms with Crippen LogP contribution in [0.25, 0.3) is 4.96 Å². The molecular weight excluding hydrogens is 404 g/mol. The number of ether oxygens (including phenoxy) is 1. The number of aryl methyl sites for hydroxylation is 1. The van der Waals surface area contributed by atoms with E-state index in [1.54, 1.807) is 6.07 Å². The van der Waals surface area contributed by atoms with Crippen LogP contribution < -0.4 is 15.6 Å². The SMILES string of the molecule is CCCc1cc(=O)n2nc(NCc3cc(Br)cc4c3OCC4)sc2n1. The third-order valence-corrected chi connectivity index (χ3v) is 5.38. The van der Waals surface area contributed by atoms with Crippen molar-refractivity contribution in [3.63, 3.8) is 0 Å². The minimum absolute atomic E-state index is 0.135. The molecule has 0 atom stereocenters. The van der Waals surface area contributed by atoms with E-state index in [9.17, 15) is 4.79 Å². The first-order valence-electron chi connectivity index (χ1n) is 8.22. The monoisotopic (exact) mass is 420 g/mol. The number of aromatic nitrogens is 3. The maximum atomic E-state index is 12.2. The topological polar surface area (TPSA) is 68.5 Å². The third kappa shape index (κ3) is 3.28. The van der Waals surface area contributed by atoms with Crippen molar-refractivity contribution < 1.29 is 4.74 Å². The van der Waals surface area contributed by atoms with E-state index in [-0.39, 0.29) is 5.56 Å². The summed E-state index contributed by atoms with van der Waals surface area (Å²) in [5, 5.41) is 8.31. The highest BCUT2D eigenvalue weighted by atomic mass is 79.9. The standard InChI is InChI=1S/C17H17BrN4O2S/c1-2-3-13-8-14(23)22-17(20-13)25-16(21-22)19-9-11-7-12(18)6-10-4-5-24-15(10)11/h6-8H,2-5,9H2,1H3,(H,19,21). The lowest BCUT2D eigenvalue weighted by Gasteiger charge is -2.09. The van der Waals surface area contributed by atoms with Crippen LogP contribution in [0.3, 0.4) is 0 Å². The molecule has 0 fully saturated rings. The number of halogens is 1. The van der Waals surface area contributed by atoms with Gasteiger partial charge in [-0.3, -0.25) is 4.79 Å². The number of nitrogens with zero attached hydrogens (tertiary/aromatic N) is 3. The van der Waals surface area contributed by atoms with Crippen LogP contribution in [0.2, 0.25) is 0 Å². The molecule has 0 amide bonds. The van der Waals surface area contributed by atoms with Crippen LogP contribution in [0, 0.1) is 0 Å². The van der Waals surface area contributed by atoms with Gasteiger partial charge in [-0.2, -0.15) is 4.52 Å². The van der Waals surface area contributed by atoms with E-state index in [0.29, 0.717) is 16.6 Å². The molecule has 6 nitrogen and oxygen atoms in total. The summed E-state index contributed by atoms with van der Waals surface area (Å²) >= 11 is 4.94. The van der Waals surface area contributed by atoms with E-state index in [1.165, 1.54) is 21.4 Å². The lowest BCUT2D eigenvalue weighted by molar-refractivity contribution is 0.354. The zero-order valence-electron chi connectivity index (χ0n) is 13.7. The van der Waals surface area contributed by atoms with E-state index in [0.717, 1.165) is 47.3 Å². The lowest BCUT2D eigenvalue weighted by Crippen LogP contribution is -2.15. The number of benzene rings is 1. The van der Waals surface area contributed by atoms with Gasteiger partial charge in [0.2, 0.25) is 10.1 Å². The molecule has 0 radical (unpaired) electrons. The molecule has 130 valence electrons. The van der Waals surface area contributed by atoms with Gasteiger partial charge in [-0.25, -0.2) is 4.98 Å². The van der Waals surface area contributed by atoms with Crippen molar-refractivity contribution in [2.45, 2.75) is 32.7 Å². The van der Waals surface area contributed by atoms with Crippen molar-refractivity contribution >= 4 is 37.4 Å². The normalized spacial score (nSPS) is 13.0. The second-order valence-corrected chi connectivity index (χ2v) is 7.81. The lowest BCUT2D eigenvalue weighted by atomic mass is 10.1. The van der Waals surface area contributed by atoms with Gasteiger partial charge in [-0.1, -0.05) is 40.6 Å². The quantitative estimate of drug-likeness (QED) is 0.684. The zero-order chi connectivity index (χ0) is 17.4. The fourth-order valence-corrected chi connectivity index (χ4v) is 4.33. The van der Waals surface area contributed by atoms with Gasteiger partial charge in [0.15, 0.2) is 0 Å². The van der Waals surface area contributed by atoms with Gasteiger partial charge >= 0.3 is 0 Å². The first-order chi connectivity index (χ1) is 12.1. The second-order valence-electron chi connectivity index (χ2n) is 5.94. The van der Waals surface area contributed by atoms with Gasteiger partial charge in [0.1, 0.15) is 5.75 Å². The Kier molecular flexibility index (Phi) is 4.47. The Morgan fingerprint density at radius 1 is 1.40 bits per heavy atom. The molecule has 0 bridgehead atoms. The predicted octanol–water partition coefficient (Wildman–Crippen LogP) is 3.41. The smallest absolute Gasteiger partial charge is 0.275 e. The van der Waals surface area contributed by atoms with Crippen LogP contribution in [0.5, 0.6) is 5.75 Å². The molecule has 1 aliphatic heterocycles. The molecule has 3 heterocycles. The van der Waals surface area contributed by atoms with Crippen molar-refractivity contribution in [3.8, 4) is 5.75 Å². The van der Waals surface area contributed by atoms with Crippen LogP contribution >= 0.6 is 27.3 Å². The highest BCUT2D eigenvalue weighted by Crippen LogP contribution is 2.33. The van der Waals surface area contributed by atoms with E-state index < -0.39 is 0 Å². The molecule has 4 rings (SSSR count). The summed E-state index contributed by atoms with van der Waals surface area (Å²) in [7, 11) is 0. The van der Waals surface area contributed by atoms with Crippen LogP contribution in [-0.2, 0) is 19.4 Å². The highest BCUT2D eigenvalue weighted by Gasteiger charge is 2.18. The Labute approximate surface area is 157 Å². The predicted molar refractivity (Wildman–Crippen MR) is 102 cm³/mol. The summed E-state index contributed by atoms with van der Waals surface area (Å²) in [5.74, 6) is 0.956. The van der Waals surface area contributed by atoms with Gasteiger partial charge in [-0.15, -0.1) is 5.10 Å². The molecule has 3 aromatic rings. The number of hydrogen-bond donors (Lipinski definition) is 1. The van der Waals surface area contributed by atoms with Gasteiger partial charge < -0.3 is 10.1 Å². The van der Waals surface area contributed by atoms with E-state index >= 15 is 0 Å². The summed E-state index contributed by atoms with van der Waals surface area (Å²) in [6, 6.07) is 5.71. The molecule has 0 unspecified atom stereocenters. The summed E-state index contributed by atoms with van der Waals surface area (Å²) in [4.78, 5) is 17.3. The molecule has 2 aromatic heterocycles. The van der Waals surface area contributed by atoms with Gasteiger partial charge in [-0.05, 0) is 24.1 Å². The van der Waals surface area contributed by atoms with Crippen molar-refractivity contribution in [2.24, 2.45) is 0 Å². The molecule has 0 aliphatic carbocycles. The Morgan fingerprint density at radius 3 is 3.12 bits per heavy atom. The largest absolute Gasteiger partial charge is 0.493 e. The molecule has 1 aliphatic rings. The number of rotatable bonds is 5. The average Bonchev–Trinajstić information content (AvgIpc) is 3.19.